The van der Waals surface area contributed by atoms with E-state index >= 15 is 0 Å². The highest BCUT2D eigenvalue weighted by Gasteiger charge is 2.31. The van der Waals surface area contributed by atoms with Gasteiger partial charge in [0, 0.05) is 11.1 Å². The van der Waals surface area contributed by atoms with Crippen molar-refractivity contribution in [1.82, 2.24) is 24.6 Å². The van der Waals surface area contributed by atoms with Gasteiger partial charge in [0.25, 0.3) is 17.2 Å². The van der Waals surface area contributed by atoms with Crippen molar-refractivity contribution in [3.8, 4) is 0 Å². The fourth-order valence-corrected chi connectivity index (χ4v) is 4.53. The minimum Gasteiger partial charge on any atom is -0.298 e. The molecule has 1 amide bonds. The summed E-state index contributed by atoms with van der Waals surface area (Å²) < 4.78 is 1.17. The van der Waals surface area contributed by atoms with Crippen molar-refractivity contribution >= 4 is 28.2 Å². The molecule has 1 aliphatic rings. The van der Waals surface area contributed by atoms with Crippen LogP contribution in [-0.2, 0) is 12.8 Å². The molecule has 1 atom stereocenters. The lowest BCUT2D eigenvalue weighted by Crippen LogP contribution is -2.27. The number of aromatic nitrogens is 5. The molecule has 27 heavy (non-hydrogen) atoms. The molecule has 0 saturated carbocycles. The van der Waals surface area contributed by atoms with Crippen LogP contribution in [0.3, 0.4) is 0 Å². The van der Waals surface area contributed by atoms with Gasteiger partial charge in [-0.25, -0.2) is 9.97 Å². The normalized spacial score (nSPS) is 17.1. The summed E-state index contributed by atoms with van der Waals surface area (Å²) in [7, 11) is 0. The largest absolute Gasteiger partial charge is 0.298 e. The lowest BCUT2D eigenvalue weighted by molar-refractivity contribution is 0.102. The van der Waals surface area contributed by atoms with Gasteiger partial charge in [-0.1, -0.05) is 20.8 Å². The van der Waals surface area contributed by atoms with Crippen molar-refractivity contribution in [3.63, 3.8) is 0 Å². The number of aromatic amines is 1. The number of carbonyl (C=O) groups is 1. The van der Waals surface area contributed by atoms with Gasteiger partial charge in [-0.2, -0.15) is 9.50 Å². The molecule has 0 spiro atoms. The van der Waals surface area contributed by atoms with E-state index in [0.717, 1.165) is 25.0 Å². The highest BCUT2D eigenvalue weighted by molar-refractivity contribution is 7.15. The first-order valence-corrected chi connectivity index (χ1v) is 9.78. The molecule has 1 aliphatic carbocycles. The molecule has 8 nitrogen and oxygen atoms in total. The highest BCUT2D eigenvalue weighted by Crippen LogP contribution is 2.40. The molecule has 0 aliphatic heterocycles. The van der Waals surface area contributed by atoms with E-state index in [9.17, 15) is 9.59 Å². The number of thiazole rings is 1. The summed E-state index contributed by atoms with van der Waals surface area (Å²) >= 11 is 1.50. The lowest BCUT2D eigenvalue weighted by Gasteiger charge is -2.33. The van der Waals surface area contributed by atoms with E-state index in [1.165, 1.54) is 26.9 Å². The van der Waals surface area contributed by atoms with Crippen LogP contribution in [0.15, 0.2) is 11.0 Å². The van der Waals surface area contributed by atoms with Gasteiger partial charge in [0.2, 0.25) is 0 Å². The van der Waals surface area contributed by atoms with Gasteiger partial charge in [-0.05, 0) is 37.5 Å². The number of fused-ring (bicyclic) bond motifs is 2. The van der Waals surface area contributed by atoms with Gasteiger partial charge < -0.3 is 0 Å². The fourth-order valence-electron chi connectivity index (χ4n) is 3.45. The number of hydrogen-bond donors (Lipinski definition) is 2. The maximum absolute atomic E-state index is 12.6. The lowest BCUT2D eigenvalue weighted by atomic mass is 9.73. The van der Waals surface area contributed by atoms with Crippen LogP contribution in [0.2, 0.25) is 0 Å². The first-order chi connectivity index (χ1) is 12.7. The fraction of sp³-hybridized carbons (Fsp3) is 0.500. The number of rotatable bonds is 2. The molecule has 9 heteroatoms. The summed E-state index contributed by atoms with van der Waals surface area (Å²) in [4.78, 5) is 39.0. The molecule has 0 fully saturated rings. The Kier molecular flexibility index (Phi) is 4.14. The van der Waals surface area contributed by atoms with Crippen LogP contribution in [0.25, 0.3) is 5.78 Å². The Morgan fingerprint density at radius 1 is 1.37 bits per heavy atom. The second-order valence-electron chi connectivity index (χ2n) is 8.07. The topological polar surface area (TPSA) is 105 Å². The van der Waals surface area contributed by atoms with Gasteiger partial charge in [0.1, 0.15) is 11.4 Å². The number of hydrogen-bond acceptors (Lipinski definition) is 6. The van der Waals surface area contributed by atoms with Crippen LogP contribution in [0.4, 0.5) is 5.13 Å². The summed E-state index contributed by atoms with van der Waals surface area (Å²) in [6.07, 6.45) is 4.27. The summed E-state index contributed by atoms with van der Waals surface area (Å²) in [5, 5.41) is 6.08. The summed E-state index contributed by atoms with van der Waals surface area (Å²) in [5.41, 5.74) is 0.790. The van der Waals surface area contributed by atoms with Crippen molar-refractivity contribution < 1.29 is 4.79 Å². The van der Waals surface area contributed by atoms with Gasteiger partial charge in [-0.15, -0.1) is 11.3 Å². The predicted molar refractivity (Wildman–Crippen MR) is 103 cm³/mol. The zero-order chi connectivity index (χ0) is 19.3. The zero-order valence-corrected chi connectivity index (χ0v) is 16.6. The smallest absolute Gasteiger partial charge is 0.286 e. The molecule has 0 bridgehead atoms. The Morgan fingerprint density at radius 3 is 2.89 bits per heavy atom. The highest BCUT2D eigenvalue weighted by atomic mass is 32.1. The number of nitrogens with one attached hydrogen (secondary N) is 2. The minimum atomic E-state index is -0.507. The average Bonchev–Trinajstić information content (AvgIpc) is 3.15. The number of carbonyl (C=O) groups excluding carboxylic acids is 1. The molecular weight excluding hydrogens is 364 g/mol. The molecule has 3 aromatic heterocycles. The van der Waals surface area contributed by atoms with Crippen molar-refractivity contribution in [1.29, 1.82) is 0 Å². The summed E-state index contributed by atoms with van der Waals surface area (Å²) in [5.74, 6) is 0.895. The Hall–Kier alpha value is -2.55. The number of anilines is 1. The predicted octanol–water partition coefficient (Wildman–Crippen LogP) is 2.59. The maximum atomic E-state index is 12.6. The quantitative estimate of drug-likeness (QED) is 0.704. The van der Waals surface area contributed by atoms with Crippen LogP contribution < -0.4 is 10.9 Å². The molecule has 2 N–H and O–H groups in total. The first-order valence-electron chi connectivity index (χ1n) is 8.96. The van der Waals surface area contributed by atoms with Crippen molar-refractivity contribution in [2.24, 2.45) is 11.3 Å². The molecule has 0 aromatic carbocycles. The summed E-state index contributed by atoms with van der Waals surface area (Å²) in [6.45, 7) is 8.51. The third kappa shape index (κ3) is 3.27. The van der Waals surface area contributed by atoms with E-state index in [-0.39, 0.29) is 16.8 Å². The van der Waals surface area contributed by atoms with Crippen LogP contribution >= 0.6 is 11.3 Å². The standard InChI is InChI=1S/C18H22N6O2S/c1-9-20-16-19-8-11(15(26)24(16)23-9)14(25)22-17-21-12-6-5-10(18(2,3)4)7-13(12)27-17/h8,10H,5-7H2,1-4H3,(H,19,20,23)(H,21,22,25)/t10-/m1/s1. The molecule has 3 heterocycles. The number of amides is 1. The molecule has 4 rings (SSSR count). The third-order valence-corrected chi connectivity index (χ3v) is 6.15. The number of nitrogens with zero attached hydrogens (tertiary/aromatic N) is 4. The molecule has 3 aromatic rings. The van der Waals surface area contributed by atoms with E-state index in [4.69, 9.17) is 0 Å². The monoisotopic (exact) mass is 386 g/mol. The van der Waals surface area contributed by atoms with E-state index in [1.54, 1.807) is 6.92 Å². The second kappa shape index (κ2) is 6.26. The van der Waals surface area contributed by atoms with Crippen molar-refractivity contribution in [3.05, 3.63) is 38.5 Å². The van der Waals surface area contributed by atoms with Gasteiger partial charge >= 0.3 is 0 Å². The average molecular weight is 386 g/mol. The van der Waals surface area contributed by atoms with E-state index < -0.39 is 11.5 Å². The van der Waals surface area contributed by atoms with Gasteiger partial charge in [0.15, 0.2) is 5.13 Å². The molecule has 0 radical (unpaired) electrons. The zero-order valence-electron chi connectivity index (χ0n) is 15.8. The molecular formula is C18H22N6O2S. The van der Waals surface area contributed by atoms with Gasteiger partial charge in [0.05, 0.1) is 5.69 Å². The molecule has 0 saturated heterocycles. The summed E-state index contributed by atoms with van der Waals surface area (Å²) in [6, 6.07) is 0. The van der Waals surface area contributed by atoms with E-state index in [1.807, 2.05) is 0 Å². The van der Waals surface area contributed by atoms with E-state index in [2.05, 4.69) is 46.1 Å². The first kappa shape index (κ1) is 17.8. The minimum absolute atomic E-state index is 0.0445. The molecule has 142 valence electrons. The SMILES string of the molecule is Cc1nc2ncc(C(=O)Nc3nc4c(s3)C[C@H](C(C)(C)C)CC4)c(=O)n2[nH]1. The number of aryl methyl sites for hydroxylation is 2. The second-order valence-corrected chi connectivity index (χ2v) is 9.15. The Balaban J connectivity index is 1.57. The molecule has 0 unspecified atom stereocenters. The van der Waals surface area contributed by atoms with Crippen LogP contribution in [0.5, 0.6) is 0 Å². The van der Waals surface area contributed by atoms with E-state index in [0.29, 0.717) is 16.9 Å². The van der Waals surface area contributed by atoms with Crippen LogP contribution in [-0.4, -0.2) is 30.5 Å². The Morgan fingerprint density at radius 2 is 2.15 bits per heavy atom. The van der Waals surface area contributed by atoms with Crippen LogP contribution in [0.1, 0.15) is 53.9 Å². The van der Waals surface area contributed by atoms with Gasteiger partial charge in [-0.3, -0.25) is 20.0 Å². The van der Waals surface area contributed by atoms with Crippen molar-refractivity contribution in [2.45, 2.75) is 47.0 Å². The van der Waals surface area contributed by atoms with Crippen molar-refractivity contribution in [2.75, 3.05) is 5.32 Å². The maximum Gasteiger partial charge on any atom is 0.286 e. The Labute approximate surface area is 160 Å². The third-order valence-electron chi connectivity index (χ3n) is 5.11. The Bertz CT molecular complexity index is 1090. The number of H-pyrrole nitrogens is 1. The van der Waals surface area contributed by atoms with Crippen LogP contribution in [0, 0.1) is 18.3 Å².